The van der Waals surface area contributed by atoms with Gasteiger partial charge in [-0.2, -0.15) is 12.6 Å². The summed E-state index contributed by atoms with van der Waals surface area (Å²) in [5, 5.41) is 0. The Bertz CT molecular complexity index is 284. The van der Waals surface area contributed by atoms with Gasteiger partial charge in [-0.1, -0.05) is 96.3 Å². The molecule has 0 aromatic carbocycles. The highest BCUT2D eigenvalue weighted by atomic mass is 32.1. The fraction of sp³-hybridized carbons (Fsp3) is 1.00. The molecule has 0 aliphatic carbocycles. The first kappa shape index (κ1) is 27.5. The Morgan fingerprint density at radius 1 is 0.519 bits per heavy atom. The Balaban J connectivity index is 3.25. The van der Waals surface area contributed by atoms with Crippen LogP contribution in [0.25, 0.3) is 0 Å². The first-order valence-electron chi connectivity index (χ1n) is 12.1. The van der Waals surface area contributed by atoms with Gasteiger partial charge in [-0.15, -0.1) is 0 Å². The second kappa shape index (κ2) is 21.2. The number of unbranched alkanes of at least 4 members (excludes halogenated alkanes) is 15. The van der Waals surface area contributed by atoms with Crippen LogP contribution in [0.15, 0.2) is 0 Å². The van der Waals surface area contributed by atoms with Crippen molar-refractivity contribution in [3.63, 3.8) is 0 Å². The molecular weight excluding hydrogens is 368 g/mol. The molecule has 27 heavy (non-hydrogen) atoms. The molecular formula is C23H50O2SSi. The maximum atomic E-state index is 5.91. The number of rotatable bonds is 22. The van der Waals surface area contributed by atoms with Crippen LogP contribution in [0.3, 0.4) is 0 Å². The third-order valence-corrected chi connectivity index (χ3v) is 8.82. The third kappa shape index (κ3) is 19.6. The summed E-state index contributed by atoms with van der Waals surface area (Å²) < 4.78 is 11.8. The quantitative estimate of drug-likeness (QED) is 0.108. The molecule has 0 unspecified atom stereocenters. The molecule has 0 saturated carbocycles. The highest BCUT2D eigenvalue weighted by Gasteiger charge is 2.29. The Morgan fingerprint density at radius 2 is 0.815 bits per heavy atom. The van der Waals surface area contributed by atoms with Gasteiger partial charge in [0.1, 0.15) is 0 Å². The average molecular weight is 419 g/mol. The van der Waals surface area contributed by atoms with E-state index in [0.717, 1.165) is 25.0 Å². The van der Waals surface area contributed by atoms with Gasteiger partial charge in [0.05, 0.1) is 0 Å². The van der Waals surface area contributed by atoms with E-state index in [1.165, 1.54) is 103 Å². The van der Waals surface area contributed by atoms with Gasteiger partial charge in [0.2, 0.25) is 0 Å². The van der Waals surface area contributed by atoms with Gasteiger partial charge < -0.3 is 8.85 Å². The number of thiol groups is 1. The van der Waals surface area contributed by atoms with E-state index >= 15 is 0 Å². The van der Waals surface area contributed by atoms with Crippen molar-refractivity contribution in [2.24, 2.45) is 0 Å². The van der Waals surface area contributed by atoms with Crippen molar-refractivity contribution in [1.82, 2.24) is 0 Å². The fourth-order valence-electron chi connectivity index (χ4n) is 3.83. The van der Waals surface area contributed by atoms with Gasteiger partial charge in [-0.05, 0) is 38.6 Å². The number of hydrogen-bond donors (Lipinski definition) is 1. The van der Waals surface area contributed by atoms with E-state index < -0.39 is 8.56 Å². The van der Waals surface area contributed by atoms with Gasteiger partial charge in [0.15, 0.2) is 0 Å². The SMILES string of the molecule is CCO[Si](C)(CCCCCCCCCCCCCCCCCCS)OCC. The molecule has 0 bridgehead atoms. The van der Waals surface area contributed by atoms with Crippen LogP contribution in [0.1, 0.15) is 117 Å². The maximum absolute atomic E-state index is 5.91. The van der Waals surface area contributed by atoms with E-state index in [1.54, 1.807) is 0 Å². The van der Waals surface area contributed by atoms with Crippen LogP contribution in [-0.2, 0) is 8.85 Å². The van der Waals surface area contributed by atoms with E-state index in [0.29, 0.717) is 0 Å². The van der Waals surface area contributed by atoms with E-state index in [9.17, 15) is 0 Å². The molecule has 0 aliphatic rings. The molecule has 0 saturated heterocycles. The normalized spacial score (nSPS) is 12.0. The lowest BCUT2D eigenvalue weighted by Gasteiger charge is -2.25. The van der Waals surface area contributed by atoms with Crippen LogP contribution >= 0.6 is 12.6 Å². The Morgan fingerprint density at radius 3 is 1.11 bits per heavy atom. The molecule has 0 aromatic rings. The van der Waals surface area contributed by atoms with Crippen molar-refractivity contribution < 1.29 is 8.85 Å². The third-order valence-electron chi connectivity index (χ3n) is 5.44. The predicted octanol–water partition coefficient (Wildman–Crippen LogP) is 8.30. The lowest BCUT2D eigenvalue weighted by molar-refractivity contribution is 0.188. The van der Waals surface area contributed by atoms with E-state index in [4.69, 9.17) is 8.85 Å². The minimum atomic E-state index is -1.86. The zero-order valence-corrected chi connectivity index (χ0v) is 20.8. The molecule has 0 fully saturated rings. The summed E-state index contributed by atoms with van der Waals surface area (Å²) in [5.41, 5.74) is 0. The zero-order chi connectivity index (χ0) is 20.1. The van der Waals surface area contributed by atoms with Gasteiger partial charge in [-0.3, -0.25) is 0 Å². The van der Waals surface area contributed by atoms with Crippen LogP contribution in [0.4, 0.5) is 0 Å². The summed E-state index contributed by atoms with van der Waals surface area (Å²) in [5.74, 6) is 1.06. The Hall–Kier alpha value is 0.487. The van der Waals surface area contributed by atoms with Crippen molar-refractivity contribution in [3.8, 4) is 0 Å². The Kier molecular flexibility index (Phi) is 21.6. The summed E-state index contributed by atoms with van der Waals surface area (Å²) in [7, 11) is -1.86. The summed E-state index contributed by atoms with van der Waals surface area (Å²) in [6, 6.07) is 1.16. The van der Waals surface area contributed by atoms with E-state index in [-0.39, 0.29) is 0 Å². The van der Waals surface area contributed by atoms with Crippen LogP contribution in [-0.4, -0.2) is 27.5 Å². The lowest BCUT2D eigenvalue weighted by atomic mass is 10.0. The van der Waals surface area contributed by atoms with Gasteiger partial charge in [0, 0.05) is 13.2 Å². The standard InChI is InChI=1S/C23H50O2SSi/c1-4-24-27(3,25-5-2)23-21-19-17-15-13-11-9-7-6-8-10-12-14-16-18-20-22-26/h26H,4-23H2,1-3H3. The second-order valence-electron chi connectivity index (χ2n) is 8.13. The molecule has 2 nitrogen and oxygen atoms in total. The van der Waals surface area contributed by atoms with Crippen LogP contribution in [0, 0.1) is 0 Å². The Labute approximate surface area is 178 Å². The van der Waals surface area contributed by atoms with Crippen molar-refractivity contribution >= 4 is 21.2 Å². The summed E-state index contributed by atoms with van der Waals surface area (Å²) in [6.07, 6.45) is 22.5. The highest BCUT2D eigenvalue weighted by molar-refractivity contribution is 7.80. The lowest BCUT2D eigenvalue weighted by Crippen LogP contribution is -2.38. The molecule has 164 valence electrons. The predicted molar refractivity (Wildman–Crippen MR) is 127 cm³/mol. The van der Waals surface area contributed by atoms with Gasteiger partial charge >= 0.3 is 8.56 Å². The summed E-state index contributed by atoms with van der Waals surface area (Å²) in [4.78, 5) is 0. The van der Waals surface area contributed by atoms with E-state index in [2.05, 4.69) is 33.0 Å². The van der Waals surface area contributed by atoms with E-state index in [1.807, 2.05) is 0 Å². The summed E-state index contributed by atoms with van der Waals surface area (Å²) in [6.45, 7) is 7.97. The van der Waals surface area contributed by atoms with Crippen molar-refractivity contribution in [3.05, 3.63) is 0 Å². The molecule has 0 aliphatic heterocycles. The monoisotopic (exact) mass is 418 g/mol. The van der Waals surface area contributed by atoms with Crippen LogP contribution < -0.4 is 0 Å². The highest BCUT2D eigenvalue weighted by Crippen LogP contribution is 2.19. The van der Waals surface area contributed by atoms with Crippen molar-refractivity contribution in [1.29, 1.82) is 0 Å². The van der Waals surface area contributed by atoms with Gasteiger partial charge in [0.25, 0.3) is 0 Å². The maximum Gasteiger partial charge on any atom is 0.334 e. The average Bonchev–Trinajstić information content (AvgIpc) is 2.64. The van der Waals surface area contributed by atoms with Crippen molar-refractivity contribution in [2.75, 3.05) is 19.0 Å². The van der Waals surface area contributed by atoms with Crippen LogP contribution in [0.5, 0.6) is 0 Å². The number of hydrogen-bond acceptors (Lipinski definition) is 3. The topological polar surface area (TPSA) is 18.5 Å². The molecule has 0 atom stereocenters. The molecule has 0 N–H and O–H groups in total. The smallest absolute Gasteiger partial charge is 0.334 e. The molecule has 0 spiro atoms. The largest absolute Gasteiger partial charge is 0.395 e. The zero-order valence-electron chi connectivity index (χ0n) is 18.9. The molecule has 0 heterocycles. The summed E-state index contributed by atoms with van der Waals surface area (Å²) >= 11 is 4.26. The fourth-order valence-corrected chi connectivity index (χ4v) is 6.54. The van der Waals surface area contributed by atoms with Crippen LogP contribution in [0.2, 0.25) is 12.6 Å². The molecule has 0 radical (unpaired) electrons. The molecule has 0 aromatic heterocycles. The van der Waals surface area contributed by atoms with Gasteiger partial charge in [-0.25, -0.2) is 0 Å². The molecule has 4 heteroatoms. The minimum Gasteiger partial charge on any atom is -0.395 e. The van der Waals surface area contributed by atoms with Crippen molar-refractivity contribution in [2.45, 2.75) is 129 Å². The first-order valence-corrected chi connectivity index (χ1v) is 15.2. The first-order chi connectivity index (χ1) is 13.2. The molecule has 0 amide bonds. The second-order valence-corrected chi connectivity index (χ2v) is 11.9. The minimum absolute atomic E-state index is 0.791. The molecule has 0 rings (SSSR count).